The SMILES string of the molecule is CC1(C)c2cc(N(c3ccccc3-c3ccccc3)c3cccc4c3oc3ccc(-c5ccc6cc7c(cc6c5)C(C)(C)c5cc(N(c6cccc(-c8ccccc8)c6)c6cccc8c6oc6ccccc68)ccc5-7)cc34)ccc2-c2cc3ccccc3cc21. The van der Waals surface area contributed by atoms with Gasteiger partial charge in [-0.3, -0.25) is 0 Å². The largest absolute Gasteiger partial charge is 0.454 e. The van der Waals surface area contributed by atoms with Gasteiger partial charge >= 0.3 is 0 Å². The number of rotatable bonds is 9. The Balaban J connectivity index is 0.727. The van der Waals surface area contributed by atoms with Gasteiger partial charge in [-0.25, -0.2) is 0 Å². The Morgan fingerprint density at radius 2 is 0.711 bits per heavy atom. The van der Waals surface area contributed by atoms with Crippen LogP contribution in [0.1, 0.15) is 49.9 Å². The van der Waals surface area contributed by atoms with E-state index in [2.05, 4.69) is 323 Å². The molecule has 0 fully saturated rings. The van der Waals surface area contributed by atoms with Crippen molar-refractivity contribution in [3.63, 3.8) is 0 Å². The highest BCUT2D eigenvalue weighted by molar-refractivity contribution is 6.13. The summed E-state index contributed by atoms with van der Waals surface area (Å²) in [6, 6.07) is 107. The van der Waals surface area contributed by atoms with Crippen molar-refractivity contribution in [3.8, 4) is 55.6 Å². The fourth-order valence-electron chi connectivity index (χ4n) is 15.2. The summed E-state index contributed by atoms with van der Waals surface area (Å²) < 4.78 is 13.9. The minimum atomic E-state index is -0.300. The second-order valence-corrected chi connectivity index (χ2v) is 25.6. The summed E-state index contributed by atoms with van der Waals surface area (Å²) >= 11 is 0. The van der Waals surface area contributed by atoms with E-state index in [1.54, 1.807) is 0 Å². The first-order valence-electron chi connectivity index (χ1n) is 31.3. The average molecular weight is 1150 g/mol. The third-order valence-corrected chi connectivity index (χ3v) is 19.8. The third kappa shape index (κ3) is 7.94. The Labute approximate surface area is 522 Å². The van der Waals surface area contributed by atoms with E-state index >= 15 is 0 Å². The maximum Gasteiger partial charge on any atom is 0.159 e. The first kappa shape index (κ1) is 52.0. The van der Waals surface area contributed by atoms with Gasteiger partial charge < -0.3 is 18.6 Å². The van der Waals surface area contributed by atoms with Gasteiger partial charge in [0.2, 0.25) is 0 Å². The number of anilines is 6. The van der Waals surface area contributed by atoms with E-state index < -0.39 is 0 Å². The smallest absolute Gasteiger partial charge is 0.159 e. The zero-order valence-corrected chi connectivity index (χ0v) is 50.4. The lowest BCUT2D eigenvalue weighted by Crippen LogP contribution is -2.17. The molecule has 0 N–H and O–H groups in total. The third-order valence-electron chi connectivity index (χ3n) is 19.8. The van der Waals surface area contributed by atoms with Gasteiger partial charge in [-0.1, -0.05) is 216 Å². The zero-order chi connectivity index (χ0) is 60.0. The van der Waals surface area contributed by atoms with E-state index in [4.69, 9.17) is 8.83 Å². The van der Waals surface area contributed by atoms with Crippen molar-refractivity contribution in [2.45, 2.75) is 38.5 Å². The maximum atomic E-state index is 7.13. The summed E-state index contributed by atoms with van der Waals surface area (Å²) in [5.41, 5.74) is 26.5. The zero-order valence-electron chi connectivity index (χ0n) is 50.4. The lowest BCUT2D eigenvalue weighted by atomic mass is 9.81. The second kappa shape index (κ2) is 19.7. The molecule has 0 radical (unpaired) electrons. The van der Waals surface area contributed by atoms with Gasteiger partial charge in [0.1, 0.15) is 11.2 Å². The summed E-state index contributed by atoms with van der Waals surface area (Å²) in [5.74, 6) is 0. The molecular weight excluding hydrogens is 1090 g/mol. The van der Waals surface area contributed by atoms with Crippen molar-refractivity contribution < 1.29 is 8.83 Å². The lowest BCUT2D eigenvalue weighted by Gasteiger charge is -2.29. The molecule has 0 bridgehead atoms. The predicted octanol–water partition coefficient (Wildman–Crippen LogP) is 24.3. The molecule has 2 aromatic heterocycles. The van der Waals surface area contributed by atoms with Crippen molar-refractivity contribution >= 4 is 99.5 Å². The molecule has 2 aliphatic rings. The first-order chi connectivity index (χ1) is 44.1. The van der Waals surface area contributed by atoms with E-state index in [0.717, 1.165) is 106 Å². The van der Waals surface area contributed by atoms with Gasteiger partial charge in [0, 0.05) is 55.0 Å². The Hall–Kier alpha value is -11.2. The molecule has 0 atom stereocenters. The standard InChI is InChI=1S/C86H60N2O2/c1-85(2)74-49-57-25-12-11-24-56(57)46-71(74)67-42-40-64(52-77(67)85)88(78-32-15-13-28-65(78)54-22-9-6-10-23-54)80-34-19-31-70-73-48-59(38-43-82(73)90-84(70)80)58-36-37-60-47-72-66-41-39-63(51-76(66)86(3,4)75(72)50-61(60)44-58)87(62-27-17-26-55(45-62)53-20-7-5-8-21-53)79-33-18-30-69-68-29-14-16-35-81(68)89-83(69)79/h5-52H,1-4H3. The molecule has 2 aliphatic carbocycles. The molecule has 4 nitrogen and oxygen atoms in total. The molecule has 90 heavy (non-hydrogen) atoms. The average Bonchev–Trinajstić information content (AvgIpc) is 1.60. The molecule has 0 unspecified atom stereocenters. The van der Waals surface area contributed by atoms with Crippen LogP contribution in [0.4, 0.5) is 34.1 Å². The fourth-order valence-corrected chi connectivity index (χ4v) is 15.2. The predicted molar refractivity (Wildman–Crippen MR) is 377 cm³/mol. The van der Waals surface area contributed by atoms with E-state index in [1.807, 2.05) is 6.07 Å². The molecule has 16 aromatic rings. The van der Waals surface area contributed by atoms with Crippen molar-refractivity contribution in [1.29, 1.82) is 0 Å². The number of hydrogen-bond donors (Lipinski definition) is 0. The van der Waals surface area contributed by atoms with Gasteiger partial charge in [0.25, 0.3) is 0 Å². The van der Waals surface area contributed by atoms with Crippen LogP contribution in [0.2, 0.25) is 0 Å². The van der Waals surface area contributed by atoms with Crippen LogP contribution in [0.3, 0.4) is 0 Å². The highest BCUT2D eigenvalue weighted by atomic mass is 16.3. The Kier molecular flexibility index (Phi) is 11.3. The van der Waals surface area contributed by atoms with E-state index in [9.17, 15) is 0 Å². The second-order valence-electron chi connectivity index (χ2n) is 25.6. The van der Waals surface area contributed by atoms with Crippen LogP contribution in [0, 0.1) is 0 Å². The van der Waals surface area contributed by atoms with Gasteiger partial charge in [-0.15, -0.1) is 0 Å². The first-order valence-corrected chi connectivity index (χ1v) is 31.3. The fraction of sp³-hybridized carbons (Fsp3) is 0.0698. The topological polar surface area (TPSA) is 32.8 Å². The van der Waals surface area contributed by atoms with Crippen LogP contribution in [0.15, 0.2) is 300 Å². The summed E-state index contributed by atoms with van der Waals surface area (Å²) in [6.45, 7) is 9.52. The van der Waals surface area contributed by atoms with Crippen molar-refractivity contribution in [2.24, 2.45) is 0 Å². The Morgan fingerprint density at radius 1 is 0.244 bits per heavy atom. The summed E-state index contributed by atoms with van der Waals surface area (Å²) in [4.78, 5) is 4.81. The summed E-state index contributed by atoms with van der Waals surface area (Å²) in [7, 11) is 0. The molecule has 0 aliphatic heterocycles. The lowest BCUT2D eigenvalue weighted by molar-refractivity contribution is 0.661. The highest BCUT2D eigenvalue weighted by Gasteiger charge is 2.39. The molecule has 2 heterocycles. The number of fused-ring (bicyclic) bond motifs is 14. The van der Waals surface area contributed by atoms with Crippen LogP contribution < -0.4 is 9.80 Å². The van der Waals surface area contributed by atoms with Crippen molar-refractivity contribution in [2.75, 3.05) is 9.80 Å². The highest BCUT2D eigenvalue weighted by Crippen LogP contribution is 2.56. The van der Waals surface area contributed by atoms with Crippen LogP contribution >= 0.6 is 0 Å². The van der Waals surface area contributed by atoms with E-state index in [0.29, 0.717) is 0 Å². The molecule has 0 amide bonds. The molecular formula is C86H60N2O2. The minimum Gasteiger partial charge on any atom is -0.454 e. The normalized spacial score (nSPS) is 13.5. The quantitative estimate of drug-likeness (QED) is 0.144. The number of hydrogen-bond acceptors (Lipinski definition) is 4. The van der Waals surface area contributed by atoms with Crippen molar-refractivity contribution in [1.82, 2.24) is 0 Å². The van der Waals surface area contributed by atoms with Gasteiger partial charge in [0.15, 0.2) is 11.2 Å². The molecule has 4 heteroatoms. The minimum absolute atomic E-state index is 0.223. The van der Waals surface area contributed by atoms with Gasteiger partial charge in [-0.2, -0.15) is 0 Å². The molecule has 18 rings (SSSR count). The summed E-state index contributed by atoms with van der Waals surface area (Å²) in [5, 5.41) is 9.31. The van der Waals surface area contributed by atoms with Gasteiger partial charge in [-0.05, 0) is 197 Å². The molecule has 426 valence electrons. The van der Waals surface area contributed by atoms with E-state index in [-0.39, 0.29) is 10.8 Å². The monoisotopic (exact) mass is 1150 g/mol. The number of benzene rings is 14. The van der Waals surface area contributed by atoms with Crippen molar-refractivity contribution in [3.05, 3.63) is 313 Å². The number of para-hydroxylation sites is 4. The van der Waals surface area contributed by atoms with Crippen LogP contribution in [0.25, 0.3) is 121 Å². The molecule has 0 spiro atoms. The number of furan rings is 2. The van der Waals surface area contributed by atoms with E-state index in [1.165, 1.54) is 71.6 Å². The van der Waals surface area contributed by atoms with Crippen LogP contribution in [-0.4, -0.2) is 0 Å². The Morgan fingerprint density at radius 3 is 1.42 bits per heavy atom. The van der Waals surface area contributed by atoms with Crippen LogP contribution in [-0.2, 0) is 10.8 Å². The molecule has 0 saturated heterocycles. The van der Waals surface area contributed by atoms with Gasteiger partial charge in [0.05, 0.1) is 17.1 Å². The summed E-state index contributed by atoms with van der Waals surface area (Å²) in [6.07, 6.45) is 0. The Bertz CT molecular complexity index is 5630. The molecule has 14 aromatic carbocycles. The number of nitrogens with zero attached hydrogens (tertiary/aromatic N) is 2. The van der Waals surface area contributed by atoms with Crippen LogP contribution in [0.5, 0.6) is 0 Å². The maximum absolute atomic E-state index is 7.13. The molecule has 0 saturated carbocycles.